The Hall–Kier alpha value is -1.55. The minimum atomic E-state index is 0.212. The highest BCUT2D eigenvalue weighted by Gasteiger charge is 2.23. The topological polar surface area (TPSA) is 49.8 Å². The van der Waals surface area contributed by atoms with Gasteiger partial charge in [0.2, 0.25) is 5.91 Å². The van der Waals surface area contributed by atoms with Gasteiger partial charge >= 0.3 is 0 Å². The Labute approximate surface area is 126 Å². The van der Waals surface area contributed by atoms with Gasteiger partial charge in [-0.05, 0) is 43.2 Å². The molecule has 1 aliphatic rings. The summed E-state index contributed by atoms with van der Waals surface area (Å²) in [6, 6.07) is 7.85. The van der Waals surface area contributed by atoms with Crippen molar-refractivity contribution in [2.75, 3.05) is 26.8 Å². The number of piperidine rings is 1. The molecule has 1 aromatic rings. The maximum atomic E-state index is 12.3. The molecule has 0 bridgehead atoms. The summed E-state index contributed by atoms with van der Waals surface area (Å²) < 4.78 is 5.32. The molecule has 0 aromatic heterocycles. The Balaban J connectivity index is 1.86. The molecule has 1 amide bonds. The van der Waals surface area contributed by atoms with Crippen LogP contribution in [0, 0.1) is 5.92 Å². The summed E-state index contributed by atoms with van der Waals surface area (Å²) in [6.07, 6.45) is 4.20. The van der Waals surface area contributed by atoms with Crippen molar-refractivity contribution in [2.45, 2.75) is 32.1 Å². The second-order valence-corrected chi connectivity index (χ2v) is 5.67. The van der Waals surface area contributed by atoms with Crippen molar-refractivity contribution in [1.29, 1.82) is 0 Å². The number of rotatable bonds is 6. The van der Waals surface area contributed by atoms with Gasteiger partial charge in [0.25, 0.3) is 0 Å². The van der Waals surface area contributed by atoms with Gasteiger partial charge in [-0.3, -0.25) is 4.79 Å². The molecule has 2 rings (SSSR count). The number of benzene rings is 1. The van der Waals surface area contributed by atoms with Crippen molar-refractivity contribution < 1.29 is 14.6 Å². The number of aryl methyl sites for hydroxylation is 1. The standard InChI is InChI=1S/C17H25NO3/c1-21-16-7-3-2-6-15(16)8-9-17(20)18-11-4-5-14(13-18)10-12-19/h2-3,6-7,14,19H,4-5,8-13H2,1H3. The molecule has 1 aromatic carbocycles. The average Bonchev–Trinajstić information content (AvgIpc) is 2.53. The second-order valence-electron chi connectivity index (χ2n) is 5.67. The molecule has 0 radical (unpaired) electrons. The molecule has 4 nitrogen and oxygen atoms in total. The molecule has 4 heteroatoms. The lowest BCUT2D eigenvalue weighted by Crippen LogP contribution is -2.40. The van der Waals surface area contributed by atoms with Gasteiger partial charge in [0, 0.05) is 26.1 Å². The highest BCUT2D eigenvalue weighted by atomic mass is 16.5. The molecule has 1 fully saturated rings. The first-order valence-electron chi connectivity index (χ1n) is 7.75. The third-order valence-corrected chi connectivity index (χ3v) is 4.21. The minimum absolute atomic E-state index is 0.212. The molecule has 116 valence electrons. The average molecular weight is 291 g/mol. The Morgan fingerprint density at radius 1 is 1.43 bits per heavy atom. The monoisotopic (exact) mass is 291 g/mol. The van der Waals surface area contributed by atoms with E-state index in [0.717, 1.165) is 43.7 Å². The van der Waals surface area contributed by atoms with Gasteiger partial charge in [-0.25, -0.2) is 0 Å². The fourth-order valence-corrected chi connectivity index (χ4v) is 3.02. The Morgan fingerprint density at radius 2 is 2.24 bits per heavy atom. The fraction of sp³-hybridized carbons (Fsp3) is 0.588. The van der Waals surface area contributed by atoms with E-state index in [-0.39, 0.29) is 12.5 Å². The number of ether oxygens (including phenoxy) is 1. The third kappa shape index (κ3) is 4.46. The molecule has 0 spiro atoms. The van der Waals surface area contributed by atoms with Crippen LogP contribution in [0.2, 0.25) is 0 Å². The lowest BCUT2D eigenvalue weighted by Gasteiger charge is -2.32. The maximum absolute atomic E-state index is 12.3. The van der Waals surface area contributed by atoms with Gasteiger partial charge in [0.15, 0.2) is 0 Å². The molecular weight excluding hydrogens is 266 g/mol. The van der Waals surface area contributed by atoms with E-state index >= 15 is 0 Å². The zero-order valence-electron chi connectivity index (χ0n) is 12.8. The van der Waals surface area contributed by atoms with Gasteiger partial charge in [0.1, 0.15) is 5.75 Å². The van der Waals surface area contributed by atoms with E-state index in [2.05, 4.69) is 0 Å². The lowest BCUT2D eigenvalue weighted by atomic mass is 9.95. The predicted molar refractivity (Wildman–Crippen MR) is 82.3 cm³/mol. The molecule has 1 unspecified atom stereocenters. The highest BCUT2D eigenvalue weighted by Crippen LogP contribution is 2.22. The van der Waals surface area contributed by atoms with Gasteiger partial charge in [-0.2, -0.15) is 0 Å². The molecule has 1 atom stereocenters. The molecule has 1 heterocycles. The molecular formula is C17H25NO3. The molecule has 1 saturated heterocycles. The van der Waals surface area contributed by atoms with Gasteiger partial charge in [-0.1, -0.05) is 18.2 Å². The second kappa shape index (κ2) is 8.03. The van der Waals surface area contributed by atoms with E-state index in [0.29, 0.717) is 18.8 Å². The zero-order chi connectivity index (χ0) is 15.1. The highest BCUT2D eigenvalue weighted by molar-refractivity contribution is 5.76. The first-order valence-corrected chi connectivity index (χ1v) is 7.75. The van der Waals surface area contributed by atoms with Crippen LogP contribution < -0.4 is 4.74 Å². The number of amides is 1. The number of hydrogen-bond acceptors (Lipinski definition) is 3. The quantitative estimate of drug-likeness (QED) is 0.874. The lowest BCUT2D eigenvalue weighted by molar-refractivity contribution is -0.133. The van der Waals surface area contributed by atoms with E-state index in [1.165, 1.54) is 0 Å². The summed E-state index contributed by atoms with van der Waals surface area (Å²) in [5.74, 6) is 1.52. The normalized spacial score (nSPS) is 18.6. The summed E-state index contributed by atoms with van der Waals surface area (Å²) in [6.45, 7) is 1.87. The first-order chi connectivity index (χ1) is 10.2. The summed E-state index contributed by atoms with van der Waals surface area (Å²) in [4.78, 5) is 14.3. The third-order valence-electron chi connectivity index (χ3n) is 4.21. The fourth-order valence-electron chi connectivity index (χ4n) is 3.02. The van der Waals surface area contributed by atoms with Crippen LogP contribution in [-0.2, 0) is 11.2 Å². The van der Waals surface area contributed by atoms with E-state index in [9.17, 15) is 4.79 Å². The summed E-state index contributed by atoms with van der Waals surface area (Å²) >= 11 is 0. The van der Waals surface area contributed by atoms with Crippen LogP contribution >= 0.6 is 0 Å². The SMILES string of the molecule is COc1ccccc1CCC(=O)N1CCCC(CCO)C1. The summed E-state index contributed by atoms with van der Waals surface area (Å²) in [5.41, 5.74) is 1.08. The van der Waals surface area contributed by atoms with Crippen LogP contribution in [-0.4, -0.2) is 42.7 Å². The molecule has 0 saturated carbocycles. The Kier molecular flexibility index (Phi) is 6.05. The van der Waals surface area contributed by atoms with Crippen molar-refractivity contribution in [2.24, 2.45) is 5.92 Å². The van der Waals surface area contributed by atoms with Crippen LogP contribution in [0.5, 0.6) is 5.75 Å². The molecule has 1 N–H and O–H groups in total. The number of aliphatic hydroxyl groups is 1. The summed E-state index contributed by atoms with van der Waals surface area (Å²) in [7, 11) is 1.66. The van der Waals surface area contributed by atoms with E-state index in [4.69, 9.17) is 9.84 Å². The van der Waals surface area contributed by atoms with Crippen molar-refractivity contribution >= 4 is 5.91 Å². The van der Waals surface area contributed by atoms with Crippen molar-refractivity contribution in [1.82, 2.24) is 4.90 Å². The van der Waals surface area contributed by atoms with Crippen molar-refractivity contribution in [3.8, 4) is 5.75 Å². The van der Waals surface area contributed by atoms with Crippen LogP contribution in [0.15, 0.2) is 24.3 Å². The maximum Gasteiger partial charge on any atom is 0.222 e. The van der Waals surface area contributed by atoms with Crippen LogP contribution in [0.3, 0.4) is 0 Å². The van der Waals surface area contributed by atoms with Crippen LogP contribution in [0.4, 0.5) is 0 Å². The summed E-state index contributed by atoms with van der Waals surface area (Å²) in [5, 5.41) is 9.04. The number of nitrogens with zero attached hydrogens (tertiary/aromatic N) is 1. The Morgan fingerprint density at radius 3 is 3.00 bits per heavy atom. The molecule has 21 heavy (non-hydrogen) atoms. The van der Waals surface area contributed by atoms with E-state index < -0.39 is 0 Å². The van der Waals surface area contributed by atoms with E-state index in [1.807, 2.05) is 29.2 Å². The van der Waals surface area contributed by atoms with Crippen molar-refractivity contribution in [3.05, 3.63) is 29.8 Å². The van der Waals surface area contributed by atoms with Crippen LogP contribution in [0.1, 0.15) is 31.2 Å². The van der Waals surface area contributed by atoms with Crippen molar-refractivity contribution in [3.63, 3.8) is 0 Å². The number of methoxy groups -OCH3 is 1. The minimum Gasteiger partial charge on any atom is -0.496 e. The largest absolute Gasteiger partial charge is 0.496 e. The number of para-hydroxylation sites is 1. The first kappa shape index (κ1) is 15.8. The van der Waals surface area contributed by atoms with Gasteiger partial charge < -0.3 is 14.7 Å². The number of hydrogen-bond donors (Lipinski definition) is 1. The van der Waals surface area contributed by atoms with E-state index in [1.54, 1.807) is 7.11 Å². The van der Waals surface area contributed by atoms with Gasteiger partial charge in [-0.15, -0.1) is 0 Å². The number of carbonyl (C=O) groups excluding carboxylic acids is 1. The number of likely N-dealkylation sites (tertiary alicyclic amines) is 1. The molecule has 1 aliphatic heterocycles. The number of aliphatic hydroxyl groups excluding tert-OH is 1. The predicted octanol–water partition coefficient (Wildman–Crippen LogP) is 2.25. The number of carbonyl (C=O) groups is 1. The smallest absolute Gasteiger partial charge is 0.222 e. The van der Waals surface area contributed by atoms with Crippen LogP contribution in [0.25, 0.3) is 0 Å². The van der Waals surface area contributed by atoms with Gasteiger partial charge in [0.05, 0.1) is 7.11 Å². The molecule has 0 aliphatic carbocycles. The Bertz CT molecular complexity index is 459. The zero-order valence-corrected chi connectivity index (χ0v) is 12.8.